The number of benzene rings is 1. The van der Waals surface area contributed by atoms with Crippen molar-refractivity contribution in [2.45, 2.75) is 25.7 Å². The quantitative estimate of drug-likeness (QED) is 0.870. The van der Waals surface area contributed by atoms with E-state index in [0.29, 0.717) is 17.1 Å². The minimum atomic E-state index is -0.170. The molecule has 0 radical (unpaired) electrons. The van der Waals surface area contributed by atoms with Gasteiger partial charge in [-0.25, -0.2) is 0 Å². The van der Waals surface area contributed by atoms with Crippen molar-refractivity contribution in [1.82, 2.24) is 5.32 Å². The Labute approximate surface area is 129 Å². The molecular formula is C16H20ClNO3. The molecule has 1 aromatic carbocycles. The molecule has 1 aliphatic rings. The van der Waals surface area contributed by atoms with Gasteiger partial charge in [0.25, 0.3) is 5.91 Å². The van der Waals surface area contributed by atoms with Crippen LogP contribution in [0.5, 0.6) is 0 Å². The summed E-state index contributed by atoms with van der Waals surface area (Å²) >= 11 is 5.88. The molecule has 1 fully saturated rings. The molecule has 5 heteroatoms. The normalized spacial score (nSPS) is 21.6. The molecule has 1 aromatic rings. The Kier molecular flexibility index (Phi) is 5.62. The highest BCUT2D eigenvalue weighted by Crippen LogP contribution is 2.30. The number of amides is 1. The summed E-state index contributed by atoms with van der Waals surface area (Å²) in [6, 6.07) is 6.83. The van der Waals surface area contributed by atoms with Crippen LogP contribution in [0.15, 0.2) is 24.3 Å². The third-order valence-corrected chi connectivity index (χ3v) is 4.26. The number of rotatable bonds is 4. The van der Waals surface area contributed by atoms with Gasteiger partial charge in [0.05, 0.1) is 13.0 Å². The number of hydrogen-bond acceptors (Lipinski definition) is 3. The van der Waals surface area contributed by atoms with Gasteiger partial charge in [0.2, 0.25) is 0 Å². The van der Waals surface area contributed by atoms with E-state index < -0.39 is 0 Å². The Hall–Kier alpha value is -1.55. The average molecular weight is 310 g/mol. The van der Waals surface area contributed by atoms with E-state index in [0.717, 1.165) is 25.7 Å². The highest BCUT2D eigenvalue weighted by Gasteiger charge is 2.31. The number of methoxy groups -OCH3 is 1. The summed E-state index contributed by atoms with van der Waals surface area (Å²) in [5, 5.41) is 3.43. The molecule has 2 rings (SSSR count). The van der Waals surface area contributed by atoms with E-state index >= 15 is 0 Å². The Morgan fingerprint density at radius 2 is 2.10 bits per heavy atom. The molecule has 114 valence electrons. The molecule has 4 nitrogen and oxygen atoms in total. The first-order valence-corrected chi connectivity index (χ1v) is 7.61. The maximum absolute atomic E-state index is 12.1. The van der Waals surface area contributed by atoms with Crippen molar-refractivity contribution in [3.8, 4) is 0 Å². The van der Waals surface area contributed by atoms with Gasteiger partial charge >= 0.3 is 5.97 Å². The smallest absolute Gasteiger partial charge is 0.309 e. The van der Waals surface area contributed by atoms with Gasteiger partial charge in [-0.2, -0.15) is 0 Å². The summed E-state index contributed by atoms with van der Waals surface area (Å²) in [7, 11) is 1.42. The summed E-state index contributed by atoms with van der Waals surface area (Å²) in [5.74, 6) is -0.291. The fourth-order valence-electron chi connectivity index (χ4n) is 2.87. The van der Waals surface area contributed by atoms with Crippen LogP contribution >= 0.6 is 11.6 Å². The summed E-state index contributed by atoms with van der Waals surface area (Å²) in [4.78, 5) is 23.9. The lowest BCUT2D eigenvalue weighted by Crippen LogP contribution is -2.37. The molecule has 2 unspecified atom stereocenters. The van der Waals surface area contributed by atoms with Gasteiger partial charge in [0.15, 0.2) is 0 Å². The number of carbonyl (C=O) groups is 2. The monoisotopic (exact) mass is 309 g/mol. The fourth-order valence-corrected chi connectivity index (χ4v) is 3.06. The molecular weight excluding hydrogens is 290 g/mol. The van der Waals surface area contributed by atoms with Crippen molar-refractivity contribution in [3.63, 3.8) is 0 Å². The highest BCUT2D eigenvalue weighted by atomic mass is 35.5. The van der Waals surface area contributed by atoms with Crippen LogP contribution < -0.4 is 5.32 Å². The molecule has 1 N–H and O–H groups in total. The van der Waals surface area contributed by atoms with Crippen LogP contribution in [0.3, 0.4) is 0 Å². The van der Waals surface area contributed by atoms with Crippen molar-refractivity contribution < 1.29 is 14.3 Å². The zero-order chi connectivity index (χ0) is 15.2. The van der Waals surface area contributed by atoms with Crippen LogP contribution in [-0.2, 0) is 9.53 Å². The van der Waals surface area contributed by atoms with Crippen LogP contribution in [0, 0.1) is 11.8 Å². The number of ether oxygens (including phenoxy) is 1. The molecule has 0 saturated heterocycles. The van der Waals surface area contributed by atoms with Crippen molar-refractivity contribution >= 4 is 23.5 Å². The van der Waals surface area contributed by atoms with Gasteiger partial charge in [-0.3, -0.25) is 9.59 Å². The second kappa shape index (κ2) is 7.46. The first kappa shape index (κ1) is 15.8. The second-order valence-corrected chi connectivity index (χ2v) is 5.83. The predicted octanol–water partition coefficient (Wildman–Crippen LogP) is 3.05. The Morgan fingerprint density at radius 3 is 2.81 bits per heavy atom. The molecule has 1 saturated carbocycles. The Bertz CT molecular complexity index is 518. The molecule has 0 aliphatic heterocycles. The van der Waals surface area contributed by atoms with Gasteiger partial charge in [-0.15, -0.1) is 0 Å². The Morgan fingerprint density at radius 1 is 1.33 bits per heavy atom. The molecule has 2 atom stereocenters. The topological polar surface area (TPSA) is 55.4 Å². The van der Waals surface area contributed by atoms with Crippen LogP contribution in [0.2, 0.25) is 5.02 Å². The van der Waals surface area contributed by atoms with E-state index in [9.17, 15) is 9.59 Å². The number of halogens is 1. The van der Waals surface area contributed by atoms with Gasteiger partial charge in [0, 0.05) is 17.1 Å². The van der Waals surface area contributed by atoms with Gasteiger partial charge in [-0.05, 0) is 37.0 Å². The van der Waals surface area contributed by atoms with Crippen LogP contribution in [-0.4, -0.2) is 25.5 Å². The number of carbonyl (C=O) groups excluding carboxylic acids is 2. The van der Waals surface area contributed by atoms with Crippen LogP contribution in [0.1, 0.15) is 36.0 Å². The van der Waals surface area contributed by atoms with E-state index in [4.69, 9.17) is 16.3 Å². The summed E-state index contributed by atoms with van der Waals surface area (Å²) < 4.78 is 4.86. The first-order valence-electron chi connectivity index (χ1n) is 7.23. The fraction of sp³-hybridized carbons (Fsp3) is 0.500. The lowest BCUT2D eigenvalue weighted by molar-refractivity contribution is -0.148. The SMILES string of the molecule is COC(=O)C1CCCCC1CNC(=O)c1cccc(Cl)c1. The van der Waals surface area contributed by atoms with E-state index in [1.165, 1.54) is 7.11 Å². The minimum absolute atomic E-state index is 0.108. The summed E-state index contributed by atoms with van der Waals surface area (Å²) in [6.07, 6.45) is 3.91. The molecule has 21 heavy (non-hydrogen) atoms. The Balaban J connectivity index is 1.94. The largest absolute Gasteiger partial charge is 0.469 e. The number of esters is 1. The van der Waals surface area contributed by atoms with Crippen LogP contribution in [0.4, 0.5) is 0 Å². The average Bonchev–Trinajstić information content (AvgIpc) is 2.52. The minimum Gasteiger partial charge on any atom is -0.469 e. The van der Waals surface area contributed by atoms with E-state index in [1.54, 1.807) is 24.3 Å². The molecule has 0 spiro atoms. The van der Waals surface area contributed by atoms with E-state index in [2.05, 4.69) is 5.32 Å². The van der Waals surface area contributed by atoms with E-state index in [1.807, 2.05) is 0 Å². The second-order valence-electron chi connectivity index (χ2n) is 5.39. The maximum atomic E-state index is 12.1. The lowest BCUT2D eigenvalue weighted by Gasteiger charge is -2.29. The molecule has 1 amide bonds. The zero-order valence-corrected chi connectivity index (χ0v) is 12.9. The third-order valence-electron chi connectivity index (χ3n) is 4.02. The molecule has 0 bridgehead atoms. The first-order chi connectivity index (χ1) is 10.1. The summed E-state index contributed by atoms with van der Waals surface area (Å²) in [5.41, 5.74) is 0.535. The van der Waals surface area contributed by atoms with Gasteiger partial charge < -0.3 is 10.1 Å². The van der Waals surface area contributed by atoms with Crippen LogP contribution in [0.25, 0.3) is 0 Å². The maximum Gasteiger partial charge on any atom is 0.309 e. The molecule has 0 aromatic heterocycles. The lowest BCUT2D eigenvalue weighted by atomic mass is 9.79. The summed E-state index contributed by atoms with van der Waals surface area (Å²) in [6.45, 7) is 0.491. The predicted molar refractivity (Wildman–Crippen MR) is 81.2 cm³/mol. The highest BCUT2D eigenvalue weighted by molar-refractivity contribution is 6.30. The van der Waals surface area contributed by atoms with Crippen molar-refractivity contribution in [1.29, 1.82) is 0 Å². The van der Waals surface area contributed by atoms with Gasteiger partial charge in [0.1, 0.15) is 0 Å². The number of nitrogens with one attached hydrogen (secondary N) is 1. The number of hydrogen-bond donors (Lipinski definition) is 1. The zero-order valence-electron chi connectivity index (χ0n) is 12.1. The van der Waals surface area contributed by atoms with E-state index in [-0.39, 0.29) is 23.7 Å². The third kappa shape index (κ3) is 4.21. The molecule has 1 aliphatic carbocycles. The van der Waals surface area contributed by atoms with Crippen molar-refractivity contribution in [2.75, 3.05) is 13.7 Å². The molecule has 0 heterocycles. The standard InChI is InChI=1S/C16H20ClNO3/c1-21-16(20)14-8-3-2-5-12(14)10-18-15(19)11-6-4-7-13(17)9-11/h4,6-7,9,12,14H,2-3,5,8,10H2,1H3,(H,18,19). The van der Waals surface area contributed by atoms with Crippen molar-refractivity contribution in [3.05, 3.63) is 34.9 Å². The van der Waals surface area contributed by atoms with Crippen molar-refractivity contribution in [2.24, 2.45) is 11.8 Å². The van der Waals surface area contributed by atoms with Gasteiger partial charge in [-0.1, -0.05) is 30.5 Å².